The van der Waals surface area contributed by atoms with E-state index in [1.807, 2.05) is 42.7 Å². The summed E-state index contributed by atoms with van der Waals surface area (Å²) in [6, 6.07) is 14.1. The summed E-state index contributed by atoms with van der Waals surface area (Å²) in [7, 11) is 3.31. The Balaban J connectivity index is 1.75. The van der Waals surface area contributed by atoms with Gasteiger partial charge in [0, 0.05) is 23.2 Å². The average molecular weight is 406 g/mol. The molecular weight excluding hydrogens is 382 g/mol. The minimum absolute atomic E-state index is 0.700. The van der Waals surface area contributed by atoms with Gasteiger partial charge < -0.3 is 19.8 Å². The minimum atomic E-state index is 0.700. The lowest BCUT2D eigenvalue weighted by Gasteiger charge is -2.22. The molecule has 0 fully saturated rings. The Bertz CT molecular complexity index is 1090. The fraction of sp³-hybridized carbons (Fsp3) is 0.174. The van der Waals surface area contributed by atoms with Crippen molar-refractivity contribution < 1.29 is 9.47 Å². The highest BCUT2D eigenvalue weighted by atomic mass is 32.2. The van der Waals surface area contributed by atoms with Crippen molar-refractivity contribution >= 4 is 21.6 Å². The number of nitrogens with zero attached hydrogens (tertiary/aromatic N) is 2. The van der Waals surface area contributed by atoms with Crippen LogP contribution in [0.4, 0.5) is 0 Å². The number of hydrogen-bond acceptors (Lipinski definition) is 5. The van der Waals surface area contributed by atoms with Gasteiger partial charge in [-0.2, -0.15) is 0 Å². The van der Waals surface area contributed by atoms with Crippen molar-refractivity contribution in [3.63, 3.8) is 0 Å². The van der Waals surface area contributed by atoms with Crippen LogP contribution >= 0.6 is 11.8 Å². The molecule has 29 heavy (non-hydrogen) atoms. The molecule has 2 heterocycles. The lowest BCUT2D eigenvalue weighted by molar-refractivity contribution is 0.354. The molecule has 5 nitrogen and oxygen atoms in total. The van der Waals surface area contributed by atoms with E-state index in [1.165, 1.54) is 17.3 Å². The van der Waals surface area contributed by atoms with Crippen molar-refractivity contribution in [1.29, 1.82) is 0 Å². The van der Waals surface area contributed by atoms with Crippen molar-refractivity contribution in [3.05, 3.63) is 78.4 Å². The third-order valence-corrected chi connectivity index (χ3v) is 6.07. The second kappa shape index (κ2) is 8.09. The summed E-state index contributed by atoms with van der Waals surface area (Å²) < 4.78 is 13.2. The number of aryl methyl sites for hydroxylation is 2. The van der Waals surface area contributed by atoms with Crippen LogP contribution in [-0.4, -0.2) is 23.8 Å². The molecule has 1 aliphatic rings. The largest absolute Gasteiger partial charge is 0.493 e. The molecule has 0 saturated heterocycles. The number of aromatic nitrogens is 2. The van der Waals surface area contributed by atoms with Gasteiger partial charge in [-0.15, -0.1) is 0 Å². The Kier molecular flexibility index (Phi) is 5.36. The number of thioether (sulfide) groups is 1. The van der Waals surface area contributed by atoms with Crippen molar-refractivity contribution in [2.24, 2.45) is 5.73 Å². The third-order valence-electron chi connectivity index (χ3n) is 5.04. The van der Waals surface area contributed by atoms with Gasteiger partial charge in [0.05, 0.1) is 31.1 Å². The Hall–Kier alpha value is -3.12. The summed E-state index contributed by atoms with van der Waals surface area (Å²) in [5.41, 5.74) is 11.3. The number of hydrogen-bond donors (Lipinski definition) is 1. The Morgan fingerprint density at radius 3 is 2.59 bits per heavy atom. The van der Waals surface area contributed by atoms with Crippen LogP contribution in [0.2, 0.25) is 0 Å². The van der Waals surface area contributed by atoms with Crippen LogP contribution in [0, 0.1) is 0 Å². The Labute approximate surface area is 174 Å². The van der Waals surface area contributed by atoms with Crippen molar-refractivity contribution in [1.82, 2.24) is 9.55 Å². The smallest absolute Gasteiger partial charge is 0.161 e. The average Bonchev–Trinajstić information content (AvgIpc) is 3.21. The number of rotatable bonds is 6. The molecule has 0 saturated carbocycles. The summed E-state index contributed by atoms with van der Waals surface area (Å²) in [5, 5.41) is 0. The van der Waals surface area contributed by atoms with E-state index in [0.717, 1.165) is 51.0 Å². The van der Waals surface area contributed by atoms with Gasteiger partial charge in [0.2, 0.25) is 0 Å². The first-order chi connectivity index (χ1) is 14.2. The van der Waals surface area contributed by atoms with Crippen molar-refractivity contribution in [2.75, 3.05) is 14.2 Å². The molecule has 0 spiro atoms. The van der Waals surface area contributed by atoms with Crippen molar-refractivity contribution in [2.45, 2.75) is 13.0 Å². The van der Waals surface area contributed by atoms with E-state index in [9.17, 15) is 0 Å². The van der Waals surface area contributed by atoms with Gasteiger partial charge in [-0.25, -0.2) is 4.98 Å². The zero-order valence-corrected chi connectivity index (χ0v) is 17.3. The molecule has 148 valence electrons. The topological polar surface area (TPSA) is 62.3 Å². The molecule has 1 aliphatic heterocycles. The van der Waals surface area contributed by atoms with Gasteiger partial charge in [0.25, 0.3) is 0 Å². The van der Waals surface area contributed by atoms with Crippen LogP contribution in [0.25, 0.3) is 21.1 Å². The number of nitrogens with two attached hydrogens (primary N) is 1. The van der Waals surface area contributed by atoms with Gasteiger partial charge in [0.15, 0.2) is 11.5 Å². The maximum atomic E-state index is 6.03. The first-order valence-corrected chi connectivity index (χ1v) is 10.1. The SMILES string of the molecule is C=C(S/C(=C\N)c1ncn2c1-c1cc(OC)c(OC)cc1CC2)c1ccccc1. The lowest BCUT2D eigenvalue weighted by Crippen LogP contribution is -2.11. The highest BCUT2D eigenvalue weighted by Crippen LogP contribution is 2.44. The van der Waals surface area contributed by atoms with E-state index in [1.54, 1.807) is 20.4 Å². The molecule has 4 rings (SSSR count). The monoisotopic (exact) mass is 405 g/mol. The van der Waals surface area contributed by atoms with Gasteiger partial charge in [-0.3, -0.25) is 0 Å². The van der Waals surface area contributed by atoms with Gasteiger partial charge >= 0.3 is 0 Å². The molecule has 1 aromatic heterocycles. The molecule has 0 aliphatic carbocycles. The number of fused-ring (bicyclic) bond motifs is 3. The molecule has 2 N–H and O–H groups in total. The predicted octanol–water partition coefficient (Wildman–Crippen LogP) is 4.78. The molecule has 0 atom stereocenters. The van der Waals surface area contributed by atoms with E-state index in [2.05, 4.69) is 17.2 Å². The van der Waals surface area contributed by atoms with Crippen LogP contribution in [0.3, 0.4) is 0 Å². The third kappa shape index (κ3) is 3.51. The molecule has 0 bridgehead atoms. The van der Waals surface area contributed by atoms with Gasteiger partial charge in [-0.1, -0.05) is 48.7 Å². The maximum Gasteiger partial charge on any atom is 0.161 e. The Morgan fingerprint density at radius 1 is 1.17 bits per heavy atom. The molecule has 2 aromatic carbocycles. The van der Waals surface area contributed by atoms with E-state index in [4.69, 9.17) is 20.2 Å². The van der Waals surface area contributed by atoms with Gasteiger partial charge in [-0.05, 0) is 29.7 Å². The summed E-state index contributed by atoms with van der Waals surface area (Å²) in [4.78, 5) is 6.49. The van der Waals surface area contributed by atoms with Crippen LogP contribution in [0.1, 0.15) is 16.8 Å². The zero-order chi connectivity index (χ0) is 20.4. The van der Waals surface area contributed by atoms with Crippen LogP contribution < -0.4 is 15.2 Å². The van der Waals surface area contributed by atoms with Crippen molar-refractivity contribution in [3.8, 4) is 22.8 Å². The summed E-state index contributed by atoms with van der Waals surface area (Å²) in [6.45, 7) is 5.08. The second-order valence-corrected chi connectivity index (χ2v) is 7.81. The van der Waals surface area contributed by atoms with E-state index >= 15 is 0 Å². The first-order valence-electron chi connectivity index (χ1n) is 9.31. The van der Waals surface area contributed by atoms with Crippen LogP contribution in [-0.2, 0) is 13.0 Å². The number of ether oxygens (including phenoxy) is 2. The summed E-state index contributed by atoms with van der Waals surface area (Å²) in [5.74, 6) is 1.44. The highest BCUT2D eigenvalue weighted by molar-refractivity contribution is 8.16. The van der Waals surface area contributed by atoms with Crippen LogP contribution in [0.15, 0.2) is 61.6 Å². The summed E-state index contributed by atoms with van der Waals surface area (Å²) >= 11 is 1.53. The van der Waals surface area contributed by atoms with E-state index in [-0.39, 0.29) is 0 Å². The fourth-order valence-electron chi connectivity index (χ4n) is 3.58. The summed E-state index contributed by atoms with van der Waals surface area (Å²) in [6.07, 6.45) is 4.39. The molecule has 0 amide bonds. The first kappa shape index (κ1) is 19.2. The zero-order valence-electron chi connectivity index (χ0n) is 16.5. The second-order valence-electron chi connectivity index (χ2n) is 6.67. The standard InChI is InChI=1S/C23H23N3O2S/c1-15(16-7-5-4-6-8-16)29-21(13-24)22-23-18-12-20(28-3)19(27-2)11-17(18)9-10-26(23)14-25-22/h4-8,11-14H,1,9-10,24H2,2-3H3/b21-13-. The maximum absolute atomic E-state index is 6.03. The number of methoxy groups -OCH3 is 2. The highest BCUT2D eigenvalue weighted by Gasteiger charge is 2.25. The Morgan fingerprint density at radius 2 is 1.90 bits per heavy atom. The molecule has 3 aromatic rings. The number of benzene rings is 2. The predicted molar refractivity (Wildman–Crippen MR) is 120 cm³/mol. The molecule has 0 unspecified atom stereocenters. The van der Waals surface area contributed by atoms with Gasteiger partial charge in [0.1, 0.15) is 5.69 Å². The normalized spacial score (nSPS) is 12.8. The lowest BCUT2D eigenvalue weighted by atomic mass is 9.96. The minimum Gasteiger partial charge on any atom is -0.493 e. The molecule has 0 radical (unpaired) electrons. The molecular formula is C23H23N3O2S. The number of imidazole rings is 1. The van der Waals surface area contributed by atoms with E-state index < -0.39 is 0 Å². The fourth-order valence-corrected chi connectivity index (χ4v) is 4.41. The van der Waals surface area contributed by atoms with E-state index in [0.29, 0.717) is 5.75 Å². The van der Waals surface area contributed by atoms with Crippen LogP contribution in [0.5, 0.6) is 11.5 Å². The molecule has 6 heteroatoms. The quantitative estimate of drug-likeness (QED) is 0.639.